The molecule has 1 aliphatic heterocycles. The molecule has 1 atom stereocenters. The van der Waals surface area contributed by atoms with Crippen molar-refractivity contribution in [3.63, 3.8) is 0 Å². The Balaban J connectivity index is 1.41. The number of piperazine rings is 1. The third-order valence-corrected chi connectivity index (χ3v) is 6.56. The number of benzene rings is 2. The van der Waals surface area contributed by atoms with E-state index < -0.39 is 0 Å². The van der Waals surface area contributed by atoms with E-state index in [2.05, 4.69) is 71.3 Å². The van der Waals surface area contributed by atoms with Crippen LogP contribution in [0.25, 0.3) is 0 Å². The lowest BCUT2D eigenvalue weighted by Crippen LogP contribution is -2.48. The van der Waals surface area contributed by atoms with Crippen LogP contribution in [-0.4, -0.2) is 36.0 Å². The predicted molar refractivity (Wildman–Crippen MR) is 114 cm³/mol. The van der Waals surface area contributed by atoms with Crippen LogP contribution in [0, 0.1) is 12.8 Å². The summed E-state index contributed by atoms with van der Waals surface area (Å²) in [7, 11) is 0. The minimum atomic E-state index is 0.619. The second kappa shape index (κ2) is 9.03. The summed E-state index contributed by atoms with van der Waals surface area (Å²) in [6, 6.07) is 21.0. The van der Waals surface area contributed by atoms with E-state index in [0.29, 0.717) is 6.04 Å². The molecule has 4 rings (SSSR count). The molecule has 1 heterocycles. The molecule has 2 fully saturated rings. The fourth-order valence-corrected chi connectivity index (χ4v) is 5.03. The number of hydrogen-bond donors (Lipinski definition) is 0. The molecule has 0 N–H and O–H groups in total. The highest BCUT2D eigenvalue weighted by Crippen LogP contribution is 2.38. The topological polar surface area (TPSA) is 6.48 Å². The highest BCUT2D eigenvalue weighted by molar-refractivity contribution is 5.22. The smallest absolute Gasteiger partial charge is 0.0377 e. The molecule has 144 valence electrons. The zero-order valence-corrected chi connectivity index (χ0v) is 16.8. The van der Waals surface area contributed by atoms with Crippen molar-refractivity contribution in [2.24, 2.45) is 5.92 Å². The van der Waals surface area contributed by atoms with Crippen molar-refractivity contribution in [3.8, 4) is 0 Å². The monoisotopic (exact) mass is 362 g/mol. The van der Waals surface area contributed by atoms with Crippen LogP contribution in [0.5, 0.6) is 0 Å². The average molecular weight is 363 g/mol. The maximum atomic E-state index is 2.79. The zero-order valence-electron chi connectivity index (χ0n) is 16.8. The first-order valence-corrected chi connectivity index (χ1v) is 10.9. The van der Waals surface area contributed by atoms with Gasteiger partial charge >= 0.3 is 0 Å². The molecule has 0 radical (unpaired) electrons. The van der Waals surface area contributed by atoms with Gasteiger partial charge in [-0.1, -0.05) is 79.4 Å². The Morgan fingerprint density at radius 1 is 0.815 bits per heavy atom. The fraction of sp³-hybridized carbons (Fsp3) is 0.520. The minimum Gasteiger partial charge on any atom is -0.297 e. The van der Waals surface area contributed by atoms with Gasteiger partial charge in [0.15, 0.2) is 0 Å². The largest absolute Gasteiger partial charge is 0.297 e. The molecule has 2 heteroatoms. The van der Waals surface area contributed by atoms with Gasteiger partial charge in [-0.25, -0.2) is 0 Å². The molecular weight excluding hydrogens is 328 g/mol. The lowest BCUT2D eigenvalue weighted by molar-refractivity contribution is 0.0547. The fourth-order valence-electron chi connectivity index (χ4n) is 5.03. The molecule has 2 aromatic rings. The summed E-state index contributed by atoms with van der Waals surface area (Å²) in [6.07, 6.45) is 7.08. The quantitative estimate of drug-likeness (QED) is 0.699. The third-order valence-electron chi connectivity index (χ3n) is 6.56. The summed E-state index contributed by atoms with van der Waals surface area (Å²) in [5, 5.41) is 0. The van der Waals surface area contributed by atoms with Crippen molar-refractivity contribution in [1.29, 1.82) is 0 Å². The molecule has 1 saturated carbocycles. The van der Waals surface area contributed by atoms with E-state index in [-0.39, 0.29) is 0 Å². The minimum absolute atomic E-state index is 0.619. The van der Waals surface area contributed by atoms with Gasteiger partial charge < -0.3 is 0 Å². The summed E-state index contributed by atoms with van der Waals surface area (Å²) in [5.41, 5.74) is 4.33. The maximum absolute atomic E-state index is 2.79. The Kier molecular flexibility index (Phi) is 6.26. The lowest BCUT2D eigenvalue weighted by atomic mass is 9.80. The van der Waals surface area contributed by atoms with E-state index in [1.54, 1.807) is 0 Å². The first-order chi connectivity index (χ1) is 13.3. The van der Waals surface area contributed by atoms with Gasteiger partial charge in [-0.15, -0.1) is 0 Å². The van der Waals surface area contributed by atoms with Gasteiger partial charge in [-0.2, -0.15) is 0 Å². The van der Waals surface area contributed by atoms with Crippen LogP contribution >= 0.6 is 0 Å². The van der Waals surface area contributed by atoms with Crippen molar-refractivity contribution in [1.82, 2.24) is 9.80 Å². The van der Waals surface area contributed by atoms with Crippen LogP contribution in [0.4, 0.5) is 0 Å². The lowest BCUT2D eigenvalue weighted by Gasteiger charge is -2.43. The number of nitrogens with zero attached hydrogens (tertiary/aromatic N) is 2. The average Bonchev–Trinajstić information content (AvgIpc) is 2.73. The molecule has 2 aliphatic rings. The van der Waals surface area contributed by atoms with Gasteiger partial charge in [0.05, 0.1) is 0 Å². The molecule has 27 heavy (non-hydrogen) atoms. The summed E-state index contributed by atoms with van der Waals surface area (Å²) >= 11 is 0. The van der Waals surface area contributed by atoms with Crippen LogP contribution in [-0.2, 0) is 6.54 Å². The van der Waals surface area contributed by atoms with Crippen LogP contribution < -0.4 is 0 Å². The molecule has 1 saturated heterocycles. The van der Waals surface area contributed by atoms with Crippen molar-refractivity contribution in [2.45, 2.75) is 51.6 Å². The van der Waals surface area contributed by atoms with Crippen molar-refractivity contribution < 1.29 is 0 Å². The van der Waals surface area contributed by atoms with E-state index in [1.165, 1.54) is 75.0 Å². The molecule has 0 spiro atoms. The van der Waals surface area contributed by atoms with E-state index in [1.807, 2.05) is 0 Å². The second-order valence-corrected chi connectivity index (χ2v) is 8.55. The summed E-state index contributed by atoms with van der Waals surface area (Å²) in [5.74, 6) is 0.838. The van der Waals surface area contributed by atoms with E-state index in [0.717, 1.165) is 12.5 Å². The van der Waals surface area contributed by atoms with Gasteiger partial charge in [0, 0.05) is 38.8 Å². The van der Waals surface area contributed by atoms with Crippen LogP contribution in [0.15, 0.2) is 54.6 Å². The Labute approximate surface area is 165 Å². The number of rotatable bonds is 5. The molecule has 1 unspecified atom stereocenters. The summed E-state index contributed by atoms with van der Waals surface area (Å²) < 4.78 is 0. The molecule has 0 bridgehead atoms. The van der Waals surface area contributed by atoms with Crippen molar-refractivity contribution >= 4 is 0 Å². The Hall–Kier alpha value is -1.64. The molecular formula is C25H34N2. The molecule has 0 amide bonds. The van der Waals surface area contributed by atoms with E-state index in [4.69, 9.17) is 0 Å². The standard InChI is InChI=1S/C25H34N2/c1-21-12-14-22(15-13-21)20-26-16-18-27(19-17-26)25(23-8-4-2-5-9-23)24-10-6-3-7-11-24/h2,4-5,8-9,12-15,24-25H,3,6-7,10-11,16-20H2,1H3. The van der Waals surface area contributed by atoms with Crippen LogP contribution in [0.2, 0.25) is 0 Å². The van der Waals surface area contributed by atoms with E-state index >= 15 is 0 Å². The number of aryl methyl sites for hydroxylation is 1. The summed E-state index contributed by atoms with van der Waals surface area (Å²) in [4.78, 5) is 5.42. The first kappa shape index (κ1) is 18.7. The van der Waals surface area contributed by atoms with Gasteiger partial charge in [-0.3, -0.25) is 9.80 Å². The van der Waals surface area contributed by atoms with Crippen molar-refractivity contribution in [2.75, 3.05) is 26.2 Å². The predicted octanol–water partition coefficient (Wildman–Crippen LogP) is 5.43. The van der Waals surface area contributed by atoms with Gasteiger partial charge in [-0.05, 0) is 36.8 Å². The Bertz CT molecular complexity index is 680. The van der Waals surface area contributed by atoms with Crippen molar-refractivity contribution in [3.05, 3.63) is 71.3 Å². The highest BCUT2D eigenvalue weighted by Gasteiger charge is 2.32. The molecule has 2 nitrogen and oxygen atoms in total. The Morgan fingerprint density at radius 3 is 2.15 bits per heavy atom. The normalized spacial score (nSPS) is 21.2. The summed E-state index contributed by atoms with van der Waals surface area (Å²) in [6.45, 7) is 8.02. The molecule has 0 aromatic heterocycles. The SMILES string of the molecule is Cc1ccc(CN2CCN(C(c3ccccc3)C3CCCCC3)CC2)cc1. The van der Waals surface area contributed by atoms with Crippen LogP contribution in [0.3, 0.4) is 0 Å². The maximum Gasteiger partial charge on any atom is 0.0377 e. The highest BCUT2D eigenvalue weighted by atomic mass is 15.3. The molecule has 1 aliphatic carbocycles. The second-order valence-electron chi connectivity index (χ2n) is 8.55. The number of hydrogen-bond acceptors (Lipinski definition) is 2. The van der Waals surface area contributed by atoms with E-state index in [9.17, 15) is 0 Å². The Morgan fingerprint density at radius 2 is 1.48 bits per heavy atom. The zero-order chi connectivity index (χ0) is 18.5. The van der Waals surface area contributed by atoms with Gasteiger partial charge in [0.2, 0.25) is 0 Å². The van der Waals surface area contributed by atoms with Gasteiger partial charge in [0.25, 0.3) is 0 Å². The third kappa shape index (κ3) is 4.80. The molecule has 2 aromatic carbocycles. The van der Waals surface area contributed by atoms with Crippen LogP contribution in [0.1, 0.15) is 54.8 Å². The first-order valence-electron chi connectivity index (χ1n) is 10.9. The van der Waals surface area contributed by atoms with Gasteiger partial charge in [0.1, 0.15) is 0 Å².